The number of carbonyl (C=O) groups excluding carboxylic acids is 3. The lowest BCUT2D eigenvalue weighted by Crippen LogP contribution is -2.50. The molecular weight excluding hydrogens is 504 g/mol. The van der Waals surface area contributed by atoms with Gasteiger partial charge in [-0.05, 0) is 52.0 Å². The summed E-state index contributed by atoms with van der Waals surface area (Å²) >= 11 is 0. The second kappa shape index (κ2) is 15.9. The van der Waals surface area contributed by atoms with E-state index in [1.54, 1.807) is 26.1 Å². The molecule has 4 N–H and O–H groups in total. The van der Waals surface area contributed by atoms with Gasteiger partial charge in [0.25, 0.3) is 0 Å². The maximum absolute atomic E-state index is 12.3. The number of hydrogen-bond donors (Lipinski definition) is 4. The predicted molar refractivity (Wildman–Crippen MR) is 146 cm³/mol. The molecule has 0 radical (unpaired) electrons. The zero-order chi connectivity index (χ0) is 29.1. The standard InChI is InChI=1S/C29H46N2O8/c1-17(8-11-26-29(36)22(16-32)14-23(39-26)15-28(35)30-6)7-10-25-18(2)13-24(20(4)38-25)31-27(34)12-9-19(3)37-21(5)33/h7-9,11-12,18-20,22-26,29,32,36H,10,13-16H2,1-6H3,(H,30,35)(H,31,34)/b11-8+,12-9-,17-7+/t18-,19+,20+,22?,23-,24+,25-,26?,29-/m0/s1. The molecule has 39 heavy (non-hydrogen) atoms. The van der Waals surface area contributed by atoms with Crippen molar-refractivity contribution >= 4 is 17.8 Å². The van der Waals surface area contributed by atoms with Crippen molar-refractivity contribution in [3.63, 3.8) is 0 Å². The van der Waals surface area contributed by atoms with Crippen LogP contribution in [-0.4, -0.2) is 84.3 Å². The Morgan fingerprint density at radius 1 is 1.13 bits per heavy atom. The van der Waals surface area contributed by atoms with Gasteiger partial charge in [0.15, 0.2) is 0 Å². The number of carbonyl (C=O) groups is 3. The first kappa shape index (κ1) is 32.7. The van der Waals surface area contributed by atoms with Crippen LogP contribution in [0.4, 0.5) is 0 Å². The van der Waals surface area contributed by atoms with E-state index in [4.69, 9.17) is 14.2 Å². The van der Waals surface area contributed by atoms with Gasteiger partial charge in [0.1, 0.15) is 12.2 Å². The predicted octanol–water partition coefficient (Wildman–Crippen LogP) is 1.95. The summed E-state index contributed by atoms with van der Waals surface area (Å²) in [6.07, 6.45) is 8.22. The molecule has 0 aromatic rings. The zero-order valence-corrected chi connectivity index (χ0v) is 24.0. The third-order valence-electron chi connectivity index (χ3n) is 7.30. The van der Waals surface area contributed by atoms with Crippen LogP contribution in [0.1, 0.15) is 60.3 Å². The van der Waals surface area contributed by atoms with Gasteiger partial charge < -0.3 is 35.1 Å². The summed E-state index contributed by atoms with van der Waals surface area (Å²) in [5.41, 5.74) is 0.977. The van der Waals surface area contributed by atoms with Crippen molar-refractivity contribution in [2.24, 2.45) is 11.8 Å². The first-order valence-corrected chi connectivity index (χ1v) is 13.7. The molecule has 0 spiro atoms. The summed E-state index contributed by atoms with van der Waals surface area (Å²) in [5, 5.41) is 25.8. The molecule has 9 atom stereocenters. The fraction of sp³-hybridized carbons (Fsp3) is 0.690. The van der Waals surface area contributed by atoms with Gasteiger partial charge in [-0.25, -0.2) is 0 Å². The van der Waals surface area contributed by atoms with Crippen molar-refractivity contribution in [3.05, 3.63) is 36.0 Å². The van der Waals surface area contributed by atoms with Crippen LogP contribution < -0.4 is 10.6 Å². The van der Waals surface area contributed by atoms with E-state index in [1.165, 1.54) is 13.0 Å². The molecule has 0 saturated carbocycles. The van der Waals surface area contributed by atoms with E-state index in [2.05, 4.69) is 23.6 Å². The van der Waals surface area contributed by atoms with Crippen LogP contribution in [0, 0.1) is 11.8 Å². The molecule has 10 nitrogen and oxygen atoms in total. The summed E-state index contributed by atoms with van der Waals surface area (Å²) in [6.45, 7) is 8.84. The number of amides is 2. The van der Waals surface area contributed by atoms with Gasteiger partial charge in [-0.15, -0.1) is 0 Å². The summed E-state index contributed by atoms with van der Waals surface area (Å²) in [5.74, 6) is -0.943. The number of aliphatic hydroxyl groups is 2. The highest BCUT2D eigenvalue weighted by atomic mass is 16.5. The number of hydrogen-bond acceptors (Lipinski definition) is 8. The molecule has 220 valence electrons. The first-order valence-electron chi connectivity index (χ1n) is 13.7. The van der Waals surface area contributed by atoms with Crippen LogP contribution in [0.15, 0.2) is 36.0 Å². The van der Waals surface area contributed by atoms with Crippen molar-refractivity contribution in [2.45, 2.75) is 103 Å². The molecule has 0 aromatic heterocycles. The van der Waals surface area contributed by atoms with Crippen LogP contribution >= 0.6 is 0 Å². The van der Waals surface area contributed by atoms with E-state index in [-0.39, 0.29) is 61.0 Å². The van der Waals surface area contributed by atoms with Gasteiger partial charge in [0.2, 0.25) is 11.8 Å². The monoisotopic (exact) mass is 550 g/mol. The fourth-order valence-corrected chi connectivity index (χ4v) is 4.97. The molecule has 10 heteroatoms. The van der Waals surface area contributed by atoms with E-state index >= 15 is 0 Å². The lowest BCUT2D eigenvalue weighted by atomic mass is 9.87. The van der Waals surface area contributed by atoms with E-state index in [0.717, 1.165) is 12.0 Å². The van der Waals surface area contributed by atoms with Crippen molar-refractivity contribution in [2.75, 3.05) is 13.7 Å². The van der Waals surface area contributed by atoms with E-state index < -0.39 is 24.3 Å². The highest BCUT2D eigenvalue weighted by Gasteiger charge is 2.37. The van der Waals surface area contributed by atoms with Crippen molar-refractivity contribution in [3.8, 4) is 0 Å². The van der Waals surface area contributed by atoms with Crippen LogP contribution in [0.5, 0.6) is 0 Å². The molecule has 2 unspecified atom stereocenters. The van der Waals surface area contributed by atoms with Crippen molar-refractivity contribution in [1.29, 1.82) is 0 Å². The third-order valence-corrected chi connectivity index (χ3v) is 7.30. The molecule has 2 heterocycles. The Morgan fingerprint density at radius 3 is 2.49 bits per heavy atom. The second-order valence-corrected chi connectivity index (χ2v) is 10.7. The Balaban J connectivity index is 1.90. The van der Waals surface area contributed by atoms with Gasteiger partial charge in [-0.2, -0.15) is 0 Å². The normalized spacial score (nSPS) is 32.7. The van der Waals surface area contributed by atoms with Crippen LogP contribution in [0.2, 0.25) is 0 Å². The third kappa shape index (κ3) is 10.9. The number of nitrogens with one attached hydrogen (secondary N) is 2. The number of esters is 1. The van der Waals surface area contributed by atoms with E-state index in [0.29, 0.717) is 12.8 Å². The number of allylic oxidation sites excluding steroid dienone is 2. The molecule has 0 bridgehead atoms. The van der Waals surface area contributed by atoms with Gasteiger partial charge >= 0.3 is 5.97 Å². The molecule has 2 aliphatic rings. The highest BCUT2D eigenvalue weighted by Crippen LogP contribution is 2.29. The Kier molecular flexibility index (Phi) is 13.3. The zero-order valence-electron chi connectivity index (χ0n) is 24.0. The van der Waals surface area contributed by atoms with E-state index in [9.17, 15) is 24.6 Å². The minimum Gasteiger partial charge on any atom is -0.459 e. The quantitative estimate of drug-likeness (QED) is 0.174. The van der Waals surface area contributed by atoms with Crippen LogP contribution in [-0.2, 0) is 28.6 Å². The van der Waals surface area contributed by atoms with Crippen LogP contribution in [0.3, 0.4) is 0 Å². The summed E-state index contributed by atoms with van der Waals surface area (Å²) in [6, 6.07) is -0.130. The van der Waals surface area contributed by atoms with Crippen molar-refractivity contribution in [1.82, 2.24) is 10.6 Å². The Labute approximate surface area is 231 Å². The number of aliphatic hydroxyl groups excluding tert-OH is 2. The highest BCUT2D eigenvalue weighted by molar-refractivity contribution is 5.87. The summed E-state index contributed by atoms with van der Waals surface area (Å²) in [4.78, 5) is 35.1. The molecular formula is C29H46N2O8. The number of rotatable bonds is 11. The molecule has 2 aliphatic heterocycles. The SMILES string of the molecule is CNC(=O)C[C@@H]1CC(CO)[C@H](O)C(/C=C/C(C)=C/C[C@@H]2O[C@H](C)[C@H](NC(=O)/C=C\[C@@H](C)OC(C)=O)C[C@@H]2C)O1. The smallest absolute Gasteiger partial charge is 0.303 e. The largest absolute Gasteiger partial charge is 0.459 e. The summed E-state index contributed by atoms with van der Waals surface area (Å²) < 4.78 is 17.2. The molecule has 2 amide bonds. The average Bonchev–Trinajstić information content (AvgIpc) is 2.88. The molecule has 0 aliphatic carbocycles. The topological polar surface area (TPSA) is 143 Å². The maximum Gasteiger partial charge on any atom is 0.303 e. The molecule has 2 fully saturated rings. The van der Waals surface area contributed by atoms with Crippen molar-refractivity contribution < 1.29 is 38.8 Å². The van der Waals surface area contributed by atoms with Gasteiger partial charge in [0, 0.05) is 32.6 Å². The van der Waals surface area contributed by atoms with E-state index in [1.807, 2.05) is 19.9 Å². The maximum atomic E-state index is 12.3. The Morgan fingerprint density at radius 2 is 1.85 bits per heavy atom. The fourth-order valence-electron chi connectivity index (χ4n) is 4.97. The Bertz CT molecular complexity index is 917. The van der Waals surface area contributed by atoms with Crippen LogP contribution in [0.25, 0.3) is 0 Å². The van der Waals surface area contributed by atoms with Gasteiger partial charge in [0.05, 0.1) is 36.9 Å². The minimum atomic E-state index is -0.852. The lowest BCUT2D eigenvalue weighted by molar-refractivity contribution is -0.145. The second-order valence-electron chi connectivity index (χ2n) is 10.7. The first-order chi connectivity index (χ1) is 18.4. The molecule has 2 saturated heterocycles. The van der Waals surface area contributed by atoms with Gasteiger partial charge in [-0.3, -0.25) is 14.4 Å². The minimum absolute atomic E-state index is 0.0109. The lowest BCUT2D eigenvalue weighted by Gasteiger charge is -2.39. The average molecular weight is 551 g/mol. The molecule has 2 rings (SSSR count). The number of ether oxygens (including phenoxy) is 3. The Hall–Kier alpha value is -2.53. The molecule has 0 aromatic carbocycles. The summed E-state index contributed by atoms with van der Waals surface area (Å²) in [7, 11) is 1.57. The van der Waals surface area contributed by atoms with Gasteiger partial charge in [-0.1, -0.05) is 30.7 Å².